The van der Waals surface area contributed by atoms with E-state index in [1.807, 2.05) is 24.3 Å². The van der Waals surface area contributed by atoms with Gasteiger partial charge in [-0.05, 0) is 58.0 Å². The predicted octanol–water partition coefficient (Wildman–Crippen LogP) is 2.61. The molecule has 0 fully saturated rings. The smallest absolute Gasteiger partial charge is 0.225 e. The molecule has 2 aromatic rings. The van der Waals surface area contributed by atoms with Gasteiger partial charge in [0.25, 0.3) is 0 Å². The summed E-state index contributed by atoms with van der Waals surface area (Å²) in [4.78, 5) is 0.131. The molecule has 5 heteroatoms. The van der Waals surface area contributed by atoms with Gasteiger partial charge in [0.15, 0.2) is 0 Å². The largest absolute Gasteiger partial charge is 0.238 e. The van der Waals surface area contributed by atoms with Crippen LogP contribution in [0.4, 0.5) is 0 Å². The molecule has 0 amide bonds. The topological polar surface area (TPSA) is 60.2 Å². The fourth-order valence-electron chi connectivity index (χ4n) is 1.48. The van der Waals surface area contributed by atoms with Gasteiger partial charge in [0.1, 0.15) is 0 Å². The molecule has 0 aromatic heterocycles. The molecule has 0 aliphatic rings. The molecule has 0 aliphatic heterocycles. The van der Waals surface area contributed by atoms with Crippen LogP contribution in [0.15, 0.2) is 53.4 Å². The van der Waals surface area contributed by atoms with Gasteiger partial charge >= 0.3 is 0 Å². The van der Waals surface area contributed by atoms with Crippen LogP contribution in [0.3, 0.4) is 0 Å². The van der Waals surface area contributed by atoms with Crippen LogP contribution >= 0.6 is 22.6 Å². The Morgan fingerprint density at radius 1 is 0.824 bits per heavy atom. The van der Waals surface area contributed by atoms with E-state index < -0.39 is 10.0 Å². The number of sulfonamides is 1. The van der Waals surface area contributed by atoms with Crippen molar-refractivity contribution in [2.24, 2.45) is 5.14 Å². The lowest BCUT2D eigenvalue weighted by molar-refractivity contribution is 0.598. The summed E-state index contributed by atoms with van der Waals surface area (Å²) in [6.07, 6.45) is 0. The predicted molar refractivity (Wildman–Crippen MR) is 76.0 cm³/mol. The molecule has 0 aliphatic carbocycles. The summed E-state index contributed by atoms with van der Waals surface area (Å²) in [5.41, 5.74) is 2.01. The molecule has 3 nitrogen and oxygen atoms in total. The van der Waals surface area contributed by atoms with Gasteiger partial charge in [-0.25, -0.2) is 13.6 Å². The maximum atomic E-state index is 11.1. The van der Waals surface area contributed by atoms with Crippen molar-refractivity contribution in [3.8, 4) is 11.1 Å². The maximum Gasteiger partial charge on any atom is 0.238 e. The fourth-order valence-corrected chi connectivity index (χ4v) is 2.35. The molecule has 0 bridgehead atoms. The minimum Gasteiger partial charge on any atom is -0.225 e. The van der Waals surface area contributed by atoms with Crippen molar-refractivity contribution < 1.29 is 8.42 Å². The van der Waals surface area contributed by atoms with Gasteiger partial charge in [-0.1, -0.05) is 24.3 Å². The van der Waals surface area contributed by atoms with Crippen molar-refractivity contribution >= 4 is 32.6 Å². The molecule has 88 valence electrons. The van der Waals surface area contributed by atoms with Crippen molar-refractivity contribution in [3.63, 3.8) is 0 Å². The van der Waals surface area contributed by atoms with Gasteiger partial charge in [0, 0.05) is 3.57 Å². The Kier molecular flexibility index (Phi) is 3.50. The lowest BCUT2D eigenvalue weighted by Crippen LogP contribution is -2.11. The molecule has 2 rings (SSSR count). The molecule has 0 spiro atoms. The number of hydrogen-bond donors (Lipinski definition) is 1. The molecule has 0 radical (unpaired) electrons. The monoisotopic (exact) mass is 359 g/mol. The minimum atomic E-state index is -3.61. The number of nitrogens with two attached hydrogens (primary N) is 1. The first-order valence-corrected chi connectivity index (χ1v) is 7.48. The zero-order valence-electron chi connectivity index (χ0n) is 8.80. The average Bonchev–Trinajstić information content (AvgIpc) is 2.29. The maximum absolute atomic E-state index is 11.1. The van der Waals surface area contributed by atoms with Gasteiger partial charge in [-0.2, -0.15) is 0 Å². The van der Waals surface area contributed by atoms with Crippen LogP contribution in [0.5, 0.6) is 0 Å². The van der Waals surface area contributed by atoms with E-state index in [1.54, 1.807) is 12.1 Å². The number of rotatable bonds is 2. The summed E-state index contributed by atoms with van der Waals surface area (Å²) >= 11 is 2.24. The van der Waals surface area contributed by atoms with Crippen LogP contribution in [0.25, 0.3) is 11.1 Å². The Morgan fingerprint density at radius 3 is 1.65 bits per heavy atom. The van der Waals surface area contributed by atoms with Crippen LogP contribution in [0.2, 0.25) is 0 Å². The zero-order valence-corrected chi connectivity index (χ0v) is 11.8. The first-order chi connectivity index (χ1) is 7.97. The molecular weight excluding hydrogens is 349 g/mol. The zero-order chi connectivity index (χ0) is 12.5. The van der Waals surface area contributed by atoms with Crippen LogP contribution in [0.1, 0.15) is 0 Å². The van der Waals surface area contributed by atoms with Crippen LogP contribution < -0.4 is 5.14 Å². The fraction of sp³-hybridized carbons (Fsp3) is 0. The summed E-state index contributed by atoms with van der Waals surface area (Å²) < 4.78 is 23.4. The normalized spacial score (nSPS) is 11.4. The molecule has 0 atom stereocenters. The van der Waals surface area contributed by atoms with E-state index in [9.17, 15) is 8.42 Å². The highest BCUT2D eigenvalue weighted by atomic mass is 127. The Balaban J connectivity index is 2.39. The average molecular weight is 359 g/mol. The van der Waals surface area contributed by atoms with Crippen molar-refractivity contribution in [3.05, 3.63) is 52.1 Å². The lowest BCUT2D eigenvalue weighted by atomic mass is 10.1. The molecule has 0 heterocycles. The number of benzene rings is 2. The van der Waals surface area contributed by atoms with Crippen molar-refractivity contribution in [2.75, 3.05) is 0 Å². The summed E-state index contributed by atoms with van der Waals surface area (Å²) in [5, 5.41) is 5.04. The molecule has 2 aromatic carbocycles. The van der Waals surface area contributed by atoms with Crippen LogP contribution in [-0.2, 0) is 10.0 Å². The second-order valence-electron chi connectivity index (χ2n) is 3.58. The molecule has 17 heavy (non-hydrogen) atoms. The van der Waals surface area contributed by atoms with Gasteiger partial charge < -0.3 is 0 Å². The Labute approximate surface area is 114 Å². The van der Waals surface area contributed by atoms with Crippen LogP contribution in [-0.4, -0.2) is 8.42 Å². The first-order valence-electron chi connectivity index (χ1n) is 4.85. The Morgan fingerprint density at radius 2 is 1.24 bits per heavy atom. The van der Waals surface area contributed by atoms with E-state index in [0.29, 0.717) is 0 Å². The summed E-state index contributed by atoms with van der Waals surface area (Å²) in [5.74, 6) is 0. The standard InChI is InChI=1S/C12H10INO2S/c13-11-5-1-9(2-6-11)10-3-7-12(8-4-10)17(14,15)16/h1-8H,(H2,14,15,16). The second kappa shape index (κ2) is 4.75. The highest BCUT2D eigenvalue weighted by molar-refractivity contribution is 14.1. The Hall–Kier alpha value is -0.920. The van der Waals surface area contributed by atoms with E-state index >= 15 is 0 Å². The number of halogens is 1. The van der Waals surface area contributed by atoms with E-state index in [0.717, 1.165) is 14.7 Å². The number of primary sulfonamides is 1. The lowest BCUT2D eigenvalue weighted by Gasteiger charge is -2.03. The molecule has 0 saturated heterocycles. The van der Waals surface area contributed by atoms with Gasteiger partial charge in [0.2, 0.25) is 10.0 Å². The van der Waals surface area contributed by atoms with Crippen molar-refractivity contribution in [1.82, 2.24) is 0 Å². The molecule has 0 unspecified atom stereocenters. The van der Waals surface area contributed by atoms with Crippen molar-refractivity contribution in [1.29, 1.82) is 0 Å². The molecule has 2 N–H and O–H groups in total. The van der Waals surface area contributed by atoms with Crippen LogP contribution in [0, 0.1) is 3.57 Å². The van der Waals surface area contributed by atoms with Crippen molar-refractivity contribution in [2.45, 2.75) is 4.90 Å². The summed E-state index contributed by atoms with van der Waals surface area (Å²) in [7, 11) is -3.61. The third-order valence-corrected chi connectivity index (χ3v) is 4.01. The Bertz CT molecular complexity index is 619. The molecular formula is C12H10INO2S. The SMILES string of the molecule is NS(=O)(=O)c1ccc(-c2ccc(I)cc2)cc1. The first kappa shape index (κ1) is 12.5. The van der Waals surface area contributed by atoms with E-state index in [1.165, 1.54) is 12.1 Å². The summed E-state index contributed by atoms with van der Waals surface area (Å²) in [6.45, 7) is 0. The minimum absolute atomic E-state index is 0.131. The van der Waals surface area contributed by atoms with E-state index in [-0.39, 0.29) is 4.90 Å². The van der Waals surface area contributed by atoms with Gasteiger partial charge in [-0.15, -0.1) is 0 Å². The highest BCUT2D eigenvalue weighted by Gasteiger charge is 2.07. The van der Waals surface area contributed by atoms with E-state index in [4.69, 9.17) is 5.14 Å². The number of hydrogen-bond acceptors (Lipinski definition) is 2. The summed E-state index contributed by atoms with van der Waals surface area (Å²) in [6, 6.07) is 14.5. The van der Waals surface area contributed by atoms with Gasteiger partial charge in [-0.3, -0.25) is 0 Å². The molecule has 0 saturated carbocycles. The quantitative estimate of drug-likeness (QED) is 0.838. The van der Waals surface area contributed by atoms with E-state index in [2.05, 4.69) is 22.6 Å². The van der Waals surface area contributed by atoms with Gasteiger partial charge in [0.05, 0.1) is 4.90 Å². The second-order valence-corrected chi connectivity index (χ2v) is 6.38. The highest BCUT2D eigenvalue weighted by Crippen LogP contribution is 2.21. The third kappa shape index (κ3) is 3.05. The third-order valence-electron chi connectivity index (χ3n) is 2.36.